The van der Waals surface area contributed by atoms with Gasteiger partial charge in [-0.3, -0.25) is 0 Å². The SMILES string of the molecule is O=C([O-])c1c2nc(c(C(=O)[O-])c3ccc([nH]3)c(C(=O)[O-])c3nc(c(C(=O)[O-])c4ccc1[nH]4)C=C3)C=C2.O=C([O-])c1c2nc(c(C(=O)[O-])c3ccc([nH]3)c(C(=O)[O-])c3nc(c(C(=O)[O-])c4ccc1[nH]4)C=C3)C=C2.O=C([O-])c1c2nc(c(C(=O)[O-])c3ccc([nH]3)c(C(=O)[O-])c3nc(c(C(=O)[O-])c4ccc1[nH]4)C=C3)C=C2.[Al+3].[Al+3].[Al+3].[Al+3]. The Kier molecular flexibility index (Phi) is 23.5. The van der Waals surface area contributed by atoms with E-state index in [0.29, 0.717) is 0 Å². The van der Waals surface area contributed by atoms with E-state index in [1.807, 2.05) is 0 Å². The maximum Gasteiger partial charge on any atom is 3.00 e. The molecule has 40 heteroatoms. The van der Waals surface area contributed by atoms with Crippen LogP contribution < -0.4 is 61.3 Å². The van der Waals surface area contributed by atoms with Crippen LogP contribution in [0.2, 0.25) is 0 Å². The molecule has 0 radical (unpaired) electrons. The molecule has 0 saturated carbocycles. The van der Waals surface area contributed by atoms with Gasteiger partial charge in [-0.05, 0) is 146 Å². The van der Waals surface area contributed by atoms with Crippen molar-refractivity contribution in [2.45, 2.75) is 0 Å². The Morgan fingerprint density at radius 2 is 0.232 bits per heavy atom. The predicted octanol–water partition coefficient (Wildman–Crippen LogP) is -7.19. The number of nitrogens with one attached hydrogen (secondary N) is 6. The molecule has 9 aromatic heterocycles. The van der Waals surface area contributed by atoms with Crippen LogP contribution >= 0.6 is 0 Å². The first-order valence-corrected chi connectivity index (χ1v) is 30.5. The fourth-order valence-electron chi connectivity index (χ4n) is 12.2. The predicted molar refractivity (Wildman–Crippen MR) is 372 cm³/mol. The number of carboxylic acids is 12. The van der Waals surface area contributed by atoms with E-state index in [-0.39, 0.29) is 204 Å². The quantitative estimate of drug-likeness (QED) is 0.0619. The van der Waals surface area contributed by atoms with Crippen molar-refractivity contribution in [1.29, 1.82) is 0 Å². The fourth-order valence-corrected chi connectivity index (χ4v) is 12.2. The minimum Gasteiger partial charge on any atom is -0.545 e. The molecular weight excluding hydrogens is 1520 g/mol. The van der Waals surface area contributed by atoms with Crippen molar-refractivity contribution in [2.24, 2.45) is 0 Å². The first kappa shape index (κ1) is 81.6. The molecule has 534 valence electrons. The Balaban J connectivity index is 0.000000189. The number of H-pyrrole nitrogens is 6. The number of nitrogens with zero attached hydrogens (tertiary/aromatic N) is 6. The van der Waals surface area contributed by atoms with Crippen molar-refractivity contribution >= 4 is 280 Å². The number of hydrogen-bond donors (Lipinski definition) is 6. The summed E-state index contributed by atoms with van der Waals surface area (Å²) < 4.78 is 0. The third kappa shape index (κ3) is 15.1. The van der Waals surface area contributed by atoms with Gasteiger partial charge in [0.2, 0.25) is 0 Å². The summed E-state index contributed by atoms with van der Waals surface area (Å²) in [6, 6.07) is 15.2. The zero-order valence-corrected chi connectivity index (χ0v) is 60.3. The van der Waals surface area contributed by atoms with Gasteiger partial charge in [-0.15, -0.1) is 0 Å². The maximum absolute atomic E-state index is 12.0. The van der Waals surface area contributed by atoms with Crippen LogP contribution in [0.15, 0.2) is 72.8 Å². The molecule has 15 rings (SSSR count). The molecule has 112 heavy (non-hydrogen) atoms. The van der Waals surface area contributed by atoms with E-state index in [1.54, 1.807) is 0 Å². The Morgan fingerprint density at radius 3 is 0.295 bits per heavy atom. The number of carbonyl (C=O) groups excluding carboxylic acids is 12. The van der Waals surface area contributed by atoms with E-state index in [4.69, 9.17) is 0 Å². The zero-order valence-electron chi connectivity index (χ0n) is 55.6. The maximum atomic E-state index is 12.0. The van der Waals surface area contributed by atoms with Gasteiger partial charge in [0.05, 0.1) is 140 Å². The van der Waals surface area contributed by atoms with E-state index in [0.717, 1.165) is 0 Å². The molecule has 0 spiro atoms. The average molecular weight is 1560 g/mol. The number of carboxylic acid groups (broad SMARTS) is 12. The van der Waals surface area contributed by atoms with Crippen LogP contribution in [0.1, 0.15) is 193 Å². The molecule has 0 aliphatic carbocycles. The van der Waals surface area contributed by atoms with Crippen molar-refractivity contribution in [3.8, 4) is 0 Å². The molecule has 6 aliphatic rings. The second kappa shape index (κ2) is 32.2. The second-order valence-corrected chi connectivity index (χ2v) is 23.0. The fraction of sp³-hybridized carbons (Fsp3) is 0. The van der Waals surface area contributed by atoms with Crippen molar-refractivity contribution in [3.05, 3.63) is 208 Å². The van der Waals surface area contributed by atoms with Gasteiger partial charge in [0, 0.05) is 133 Å². The third-order valence-corrected chi connectivity index (χ3v) is 16.7. The summed E-state index contributed by atoms with van der Waals surface area (Å²) in [6.07, 6.45) is 14.8. The molecule has 0 unspecified atom stereocenters. The number of rotatable bonds is 12. The normalized spacial score (nSPS) is 11.6. The minimum absolute atomic E-state index is 0. The first-order chi connectivity index (χ1) is 51.5. The van der Waals surface area contributed by atoms with E-state index >= 15 is 0 Å². The van der Waals surface area contributed by atoms with E-state index < -0.39 is 138 Å². The molecule has 24 bridgehead atoms. The summed E-state index contributed by atoms with van der Waals surface area (Å²) in [4.78, 5) is 184. The van der Waals surface area contributed by atoms with Gasteiger partial charge in [-0.2, -0.15) is 0 Å². The molecule has 0 amide bonds. The molecule has 0 saturated heterocycles. The van der Waals surface area contributed by atoms with Crippen molar-refractivity contribution in [2.75, 3.05) is 0 Å². The molecule has 6 aliphatic heterocycles. The second-order valence-electron chi connectivity index (χ2n) is 23.0. The molecule has 15 heterocycles. The minimum atomic E-state index is -1.66. The average Bonchev–Trinajstić information content (AvgIpc) is 1.63. The Labute approximate surface area is 662 Å². The van der Waals surface area contributed by atoms with Crippen LogP contribution in [-0.2, 0) is 0 Å². The third-order valence-electron chi connectivity index (χ3n) is 16.7. The van der Waals surface area contributed by atoms with Crippen molar-refractivity contribution in [3.63, 3.8) is 0 Å². The van der Waals surface area contributed by atoms with Crippen LogP contribution in [0.25, 0.3) is 139 Å². The van der Waals surface area contributed by atoms with Crippen LogP contribution in [0.3, 0.4) is 0 Å². The molecule has 0 aromatic carbocycles. The summed E-state index contributed by atoms with van der Waals surface area (Å²) in [6.45, 7) is 0. The van der Waals surface area contributed by atoms with E-state index in [9.17, 15) is 119 Å². The summed E-state index contributed by atoms with van der Waals surface area (Å²) in [5.41, 5.74) is -8.84. The summed E-state index contributed by atoms with van der Waals surface area (Å²) in [7, 11) is 0. The van der Waals surface area contributed by atoms with Gasteiger partial charge in [0.1, 0.15) is 0 Å². The van der Waals surface area contributed by atoms with Crippen LogP contribution in [0.4, 0.5) is 0 Å². The van der Waals surface area contributed by atoms with Gasteiger partial charge in [-0.25, -0.2) is 29.9 Å². The van der Waals surface area contributed by atoms with Crippen LogP contribution in [0, 0.1) is 0 Å². The van der Waals surface area contributed by atoms with Gasteiger partial charge in [0.15, 0.2) is 0 Å². The standard InChI is InChI=1S/3C24H14N4O8.4Al/c3*29-21(30)17-9-1-2-10(25-9)18(22(31)32)12-5-6-14(27-12)20(24(35)36)16-8-7-15(28-16)19(23(33)34)13-4-3-11(17)26-13;;;;/h3*1-8,25,28H,(H,29,30)(H,31,32)(H,33,34)(H,35,36);;;;/q;;;4*+3/p-12. The van der Waals surface area contributed by atoms with Crippen LogP contribution in [0.5, 0.6) is 0 Å². The molecular formula is C72H30Al4N12O24. The number of aromatic carboxylic acids is 12. The molecule has 6 N–H and O–H groups in total. The monoisotopic (exact) mass is 1550 g/mol. The number of aromatic amines is 6. The molecule has 36 nitrogen and oxygen atoms in total. The molecule has 9 aromatic rings. The number of carbonyl (C=O) groups is 12. The summed E-state index contributed by atoms with van der Waals surface area (Å²) >= 11 is 0. The van der Waals surface area contributed by atoms with Gasteiger partial charge in [0.25, 0.3) is 0 Å². The largest absolute Gasteiger partial charge is 3.00 e. The Morgan fingerprint density at radius 1 is 0.161 bits per heavy atom. The zero-order chi connectivity index (χ0) is 77.2. The Hall–Kier alpha value is -14.4. The Bertz CT molecular complexity index is 5170. The number of aromatic nitrogens is 12. The van der Waals surface area contributed by atoms with Crippen molar-refractivity contribution in [1.82, 2.24) is 59.8 Å². The van der Waals surface area contributed by atoms with E-state index in [2.05, 4.69) is 59.8 Å². The van der Waals surface area contributed by atoms with Crippen molar-refractivity contribution < 1.29 is 119 Å². The van der Waals surface area contributed by atoms with Crippen LogP contribution in [-0.4, -0.2) is 201 Å². The van der Waals surface area contributed by atoms with Gasteiger partial charge in [-0.1, -0.05) is 0 Å². The van der Waals surface area contributed by atoms with E-state index in [1.165, 1.54) is 146 Å². The topological polar surface area (TPSA) is 654 Å². The van der Waals surface area contributed by atoms with Gasteiger partial charge >= 0.3 is 69.4 Å². The van der Waals surface area contributed by atoms with Gasteiger partial charge < -0.3 is 149 Å². The first-order valence-electron chi connectivity index (χ1n) is 30.5. The number of fused-ring (bicyclic) bond motifs is 24. The number of hydrogen-bond acceptors (Lipinski definition) is 30. The summed E-state index contributed by atoms with van der Waals surface area (Å²) in [5, 5.41) is 144. The molecule has 0 fully saturated rings. The summed E-state index contributed by atoms with van der Waals surface area (Å²) in [5.74, 6) is -20.0. The smallest absolute Gasteiger partial charge is 0.545 e. The molecule has 0 atom stereocenters.